The van der Waals surface area contributed by atoms with E-state index in [0.29, 0.717) is 21.8 Å². The van der Waals surface area contributed by atoms with Gasteiger partial charge in [-0.2, -0.15) is 0 Å². The number of halogens is 1. The van der Waals surface area contributed by atoms with Crippen LogP contribution in [0, 0.1) is 0 Å². The lowest BCUT2D eigenvalue weighted by Gasteiger charge is -2.12. The molecule has 2 aromatic rings. The lowest BCUT2D eigenvalue weighted by molar-refractivity contribution is 0.0936. The molecule has 4 nitrogen and oxygen atoms in total. The summed E-state index contributed by atoms with van der Waals surface area (Å²) in [5.74, 6) is -0.299. The molecule has 2 amide bonds. The third-order valence-corrected chi connectivity index (χ3v) is 4.45. The Balaban J connectivity index is 1.61. The maximum Gasteiger partial charge on any atom is 0.255 e. The maximum absolute atomic E-state index is 12.2. The van der Waals surface area contributed by atoms with E-state index in [-0.39, 0.29) is 17.9 Å². The van der Waals surface area contributed by atoms with Gasteiger partial charge >= 0.3 is 0 Å². The zero-order valence-corrected chi connectivity index (χ0v) is 14.0. The largest absolute Gasteiger partial charge is 0.349 e. The van der Waals surface area contributed by atoms with Gasteiger partial charge in [0.25, 0.3) is 11.8 Å². The minimum Gasteiger partial charge on any atom is -0.349 e. The van der Waals surface area contributed by atoms with Crippen molar-refractivity contribution in [2.75, 3.05) is 5.32 Å². The Hall–Kier alpha value is -2.33. The number of hydrogen-bond acceptors (Lipinski definition) is 2. The van der Waals surface area contributed by atoms with Crippen LogP contribution in [0.4, 0.5) is 5.69 Å². The van der Waals surface area contributed by atoms with Gasteiger partial charge in [-0.25, -0.2) is 0 Å². The Morgan fingerprint density at radius 3 is 1.96 bits per heavy atom. The predicted octanol–water partition coefficient (Wildman–Crippen LogP) is 4.26. The molecule has 2 aromatic carbocycles. The molecule has 1 aliphatic carbocycles. The van der Waals surface area contributed by atoms with Crippen molar-refractivity contribution in [1.29, 1.82) is 0 Å². The van der Waals surface area contributed by atoms with E-state index < -0.39 is 0 Å². The van der Waals surface area contributed by atoms with Crippen LogP contribution in [0.25, 0.3) is 0 Å². The van der Waals surface area contributed by atoms with Crippen LogP contribution in [-0.4, -0.2) is 17.9 Å². The van der Waals surface area contributed by atoms with Crippen molar-refractivity contribution in [2.45, 2.75) is 31.7 Å². The van der Waals surface area contributed by atoms with Gasteiger partial charge in [-0.15, -0.1) is 0 Å². The Kier molecular flexibility index (Phi) is 5.16. The molecule has 124 valence electrons. The zero-order chi connectivity index (χ0) is 16.9. The highest BCUT2D eigenvalue weighted by atomic mass is 35.5. The van der Waals surface area contributed by atoms with Gasteiger partial charge in [-0.05, 0) is 61.4 Å². The average Bonchev–Trinajstić information content (AvgIpc) is 3.10. The van der Waals surface area contributed by atoms with Gasteiger partial charge < -0.3 is 10.6 Å². The molecule has 0 aromatic heterocycles. The summed E-state index contributed by atoms with van der Waals surface area (Å²) in [6.45, 7) is 0. The van der Waals surface area contributed by atoms with Crippen LogP contribution >= 0.6 is 11.6 Å². The Morgan fingerprint density at radius 2 is 1.38 bits per heavy atom. The quantitative estimate of drug-likeness (QED) is 0.872. The fourth-order valence-corrected chi connectivity index (χ4v) is 2.97. The first kappa shape index (κ1) is 16.5. The third kappa shape index (κ3) is 4.15. The van der Waals surface area contributed by atoms with Gasteiger partial charge in [0.1, 0.15) is 0 Å². The van der Waals surface area contributed by atoms with E-state index >= 15 is 0 Å². The molecule has 0 radical (unpaired) electrons. The molecule has 3 rings (SSSR count). The van der Waals surface area contributed by atoms with Gasteiger partial charge in [0.15, 0.2) is 0 Å². The van der Waals surface area contributed by atoms with E-state index in [1.807, 2.05) is 0 Å². The lowest BCUT2D eigenvalue weighted by Crippen LogP contribution is -2.32. The van der Waals surface area contributed by atoms with Gasteiger partial charge in [-0.1, -0.05) is 24.4 Å². The van der Waals surface area contributed by atoms with Gasteiger partial charge in [0.05, 0.1) is 0 Å². The minimum absolute atomic E-state index is 0.0773. The molecule has 0 spiro atoms. The SMILES string of the molecule is O=C(Nc1ccc(Cl)cc1)c1ccc(C(=O)NC2CCCC2)cc1. The number of rotatable bonds is 4. The molecule has 0 atom stereocenters. The average molecular weight is 343 g/mol. The fraction of sp³-hybridized carbons (Fsp3) is 0.263. The number of anilines is 1. The number of carbonyl (C=O) groups excluding carboxylic acids is 2. The van der Waals surface area contributed by atoms with Crippen LogP contribution in [0.3, 0.4) is 0 Å². The molecule has 0 bridgehead atoms. The lowest BCUT2D eigenvalue weighted by atomic mass is 10.1. The first-order valence-electron chi connectivity index (χ1n) is 8.10. The van der Waals surface area contributed by atoms with E-state index in [4.69, 9.17) is 11.6 Å². The van der Waals surface area contributed by atoms with Crippen molar-refractivity contribution < 1.29 is 9.59 Å². The second-order valence-electron chi connectivity index (χ2n) is 5.99. The first-order valence-corrected chi connectivity index (χ1v) is 8.47. The van der Waals surface area contributed by atoms with E-state index in [1.165, 1.54) is 12.8 Å². The molecule has 0 aliphatic heterocycles. The number of hydrogen-bond donors (Lipinski definition) is 2. The van der Waals surface area contributed by atoms with Crippen LogP contribution in [0.1, 0.15) is 46.4 Å². The van der Waals surface area contributed by atoms with Crippen molar-refractivity contribution in [3.63, 3.8) is 0 Å². The van der Waals surface area contributed by atoms with Gasteiger partial charge in [-0.3, -0.25) is 9.59 Å². The minimum atomic E-state index is -0.222. The molecular formula is C19H19ClN2O2. The van der Waals surface area contributed by atoms with Gasteiger partial charge in [0.2, 0.25) is 0 Å². The summed E-state index contributed by atoms with van der Waals surface area (Å²) < 4.78 is 0. The first-order chi connectivity index (χ1) is 11.6. The highest BCUT2D eigenvalue weighted by molar-refractivity contribution is 6.30. The molecule has 1 aliphatic rings. The summed E-state index contributed by atoms with van der Waals surface area (Å²) in [5, 5.41) is 6.45. The monoisotopic (exact) mass is 342 g/mol. The summed E-state index contributed by atoms with van der Waals surface area (Å²) in [4.78, 5) is 24.4. The molecule has 0 saturated heterocycles. The number of benzene rings is 2. The molecule has 1 saturated carbocycles. The number of amides is 2. The molecule has 0 heterocycles. The second kappa shape index (κ2) is 7.49. The van der Waals surface area contributed by atoms with Crippen molar-refractivity contribution in [3.05, 3.63) is 64.7 Å². The molecule has 24 heavy (non-hydrogen) atoms. The highest BCUT2D eigenvalue weighted by Gasteiger charge is 2.18. The molecule has 2 N–H and O–H groups in total. The predicted molar refractivity (Wildman–Crippen MR) is 95.6 cm³/mol. The van der Waals surface area contributed by atoms with Crippen LogP contribution in [0.2, 0.25) is 5.02 Å². The van der Waals surface area contributed by atoms with E-state index in [0.717, 1.165) is 12.8 Å². The third-order valence-electron chi connectivity index (χ3n) is 4.20. The van der Waals surface area contributed by atoms with Crippen molar-refractivity contribution in [3.8, 4) is 0 Å². The summed E-state index contributed by atoms with van der Waals surface area (Å²) in [6, 6.07) is 13.9. The van der Waals surface area contributed by atoms with Crippen LogP contribution in [-0.2, 0) is 0 Å². The van der Waals surface area contributed by atoms with E-state index in [9.17, 15) is 9.59 Å². The summed E-state index contributed by atoms with van der Waals surface area (Å²) >= 11 is 5.82. The highest BCUT2D eigenvalue weighted by Crippen LogP contribution is 2.18. The summed E-state index contributed by atoms with van der Waals surface area (Å²) in [7, 11) is 0. The van der Waals surface area contributed by atoms with E-state index in [1.54, 1.807) is 48.5 Å². The molecule has 5 heteroatoms. The van der Waals surface area contributed by atoms with E-state index in [2.05, 4.69) is 10.6 Å². The molecule has 0 unspecified atom stereocenters. The van der Waals surface area contributed by atoms with Crippen LogP contribution < -0.4 is 10.6 Å². The van der Waals surface area contributed by atoms with Crippen LogP contribution in [0.15, 0.2) is 48.5 Å². The normalized spacial score (nSPS) is 14.4. The Morgan fingerprint density at radius 1 is 0.833 bits per heavy atom. The Labute approximate surface area is 146 Å². The molecular weight excluding hydrogens is 324 g/mol. The summed E-state index contributed by atoms with van der Waals surface area (Å²) in [6.07, 6.45) is 4.45. The smallest absolute Gasteiger partial charge is 0.255 e. The molecule has 1 fully saturated rings. The van der Waals surface area contributed by atoms with Crippen molar-refractivity contribution in [2.24, 2.45) is 0 Å². The topological polar surface area (TPSA) is 58.2 Å². The fourth-order valence-electron chi connectivity index (χ4n) is 2.85. The Bertz CT molecular complexity index is 720. The maximum atomic E-state index is 12.2. The summed E-state index contributed by atoms with van der Waals surface area (Å²) in [5.41, 5.74) is 1.75. The van der Waals surface area contributed by atoms with Crippen molar-refractivity contribution in [1.82, 2.24) is 5.32 Å². The second-order valence-corrected chi connectivity index (χ2v) is 6.43. The van der Waals surface area contributed by atoms with Crippen molar-refractivity contribution >= 4 is 29.1 Å². The van der Waals surface area contributed by atoms with Crippen LogP contribution in [0.5, 0.6) is 0 Å². The zero-order valence-electron chi connectivity index (χ0n) is 13.2. The number of nitrogens with one attached hydrogen (secondary N) is 2. The van der Waals surface area contributed by atoms with Gasteiger partial charge in [0, 0.05) is 27.9 Å². The standard InChI is InChI=1S/C19H19ClN2O2/c20-15-9-11-17(12-10-15)22-19(24)14-7-5-13(6-8-14)18(23)21-16-3-1-2-4-16/h5-12,16H,1-4H2,(H,21,23)(H,22,24). The number of carbonyl (C=O) groups is 2.